The van der Waals surface area contributed by atoms with E-state index in [0.717, 1.165) is 13.2 Å². The molecule has 0 aromatic rings. The van der Waals surface area contributed by atoms with Gasteiger partial charge in [-0.15, -0.1) is 0 Å². The standard InChI is InChI=1S/C14H28N2O/c1-12-13(7-10-17-12)15-11-14(16(2)3)8-5-4-6-9-14/h12-13,15H,4-11H2,1-3H3. The number of rotatable bonds is 4. The third-order valence-electron chi connectivity index (χ3n) is 4.80. The van der Waals surface area contributed by atoms with Gasteiger partial charge in [0, 0.05) is 24.7 Å². The van der Waals surface area contributed by atoms with Crippen LogP contribution >= 0.6 is 0 Å². The fourth-order valence-corrected chi connectivity index (χ4v) is 3.31. The van der Waals surface area contributed by atoms with Crippen molar-refractivity contribution in [3.05, 3.63) is 0 Å². The van der Waals surface area contributed by atoms with Crippen LogP contribution in [0.25, 0.3) is 0 Å². The molecule has 0 aromatic heterocycles. The zero-order chi connectivity index (χ0) is 12.3. The van der Waals surface area contributed by atoms with Gasteiger partial charge in [-0.2, -0.15) is 0 Å². The first-order chi connectivity index (χ1) is 8.14. The lowest BCUT2D eigenvalue weighted by Gasteiger charge is -2.44. The Labute approximate surface area is 106 Å². The van der Waals surface area contributed by atoms with E-state index in [4.69, 9.17) is 4.74 Å². The topological polar surface area (TPSA) is 24.5 Å². The van der Waals surface area contributed by atoms with Crippen molar-refractivity contribution >= 4 is 0 Å². The molecular formula is C14H28N2O. The molecule has 0 spiro atoms. The van der Waals surface area contributed by atoms with Gasteiger partial charge in [-0.25, -0.2) is 0 Å². The third-order valence-corrected chi connectivity index (χ3v) is 4.80. The van der Waals surface area contributed by atoms with Crippen molar-refractivity contribution in [3.63, 3.8) is 0 Å². The smallest absolute Gasteiger partial charge is 0.0700 e. The molecule has 0 radical (unpaired) electrons. The molecule has 1 heterocycles. The van der Waals surface area contributed by atoms with Gasteiger partial charge in [0.2, 0.25) is 0 Å². The van der Waals surface area contributed by atoms with E-state index in [0.29, 0.717) is 17.7 Å². The van der Waals surface area contributed by atoms with Crippen molar-refractivity contribution in [2.24, 2.45) is 0 Å². The summed E-state index contributed by atoms with van der Waals surface area (Å²) in [5.41, 5.74) is 0.389. The highest BCUT2D eigenvalue weighted by Gasteiger charge is 2.35. The minimum Gasteiger partial charge on any atom is -0.377 e. The maximum absolute atomic E-state index is 5.62. The van der Waals surface area contributed by atoms with Gasteiger partial charge in [0.05, 0.1) is 6.10 Å². The minimum absolute atomic E-state index is 0.387. The molecule has 0 bridgehead atoms. The summed E-state index contributed by atoms with van der Waals surface area (Å²) < 4.78 is 5.62. The summed E-state index contributed by atoms with van der Waals surface area (Å²) in [5, 5.41) is 3.76. The van der Waals surface area contributed by atoms with Crippen molar-refractivity contribution < 1.29 is 4.74 Å². The molecule has 100 valence electrons. The Balaban J connectivity index is 1.89. The Morgan fingerprint density at radius 3 is 2.47 bits per heavy atom. The van der Waals surface area contributed by atoms with E-state index in [9.17, 15) is 0 Å². The molecule has 2 rings (SSSR count). The maximum atomic E-state index is 5.62. The summed E-state index contributed by atoms with van der Waals surface area (Å²) in [7, 11) is 4.48. The van der Waals surface area contributed by atoms with Crippen molar-refractivity contribution in [2.75, 3.05) is 27.2 Å². The lowest BCUT2D eigenvalue weighted by Crippen LogP contribution is -2.55. The predicted octanol–water partition coefficient (Wildman–Crippen LogP) is 2.02. The van der Waals surface area contributed by atoms with Crippen LogP contribution in [0.5, 0.6) is 0 Å². The SMILES string of the molecule is CC1OCCC1NCC1(N(C)C)CCCCC1. The second-order valence-corrected chi connectivity index (χ2v) is 6.03. The van der Waals surface area contributed by atoms with Gasteiger partial charge in [0.1, 0.15) is 0 Å². The van der Waals surface area contributed by atoms with Gasteiger partial charge in [-0.1, -0.05) is 19.3 Å². The van der Waals surface area contributed by atoms with Crippen LogP contribution in [0, 0.1) is 0 Å². The van der Waals surface area contributed by atoms with Crippen LogP contribution in [-0.4, -0.2) is 49.8 Å². The summed E-state index contributed by atoms with van der Waals surface area (Å²) >= 11 is 0. The Morgan fingerprint density at radius 2 is 1.94 bits per heavy atom. The predicted molar refractivity (Wildman–Crippen MR) is 71.3 cm³/mol. The highest BCUT2D eigenvalue weighted by molar-refractivity contribution is 4.94. The number of ether oxygens (including phenoxy) is 1. The zero-order valence-corrected chi connectivity index (χ0v) is 11.7. The quantitative estimate of drug-likeness (QED) is 0.813. The summed E-state index contributed by atoms with van der Waals surface area (Å²) in [6.45, 7) is 4.24. The maximum Gasteiger partial charge on any atom is 0.0700 e. The van der Waals surface area contributed by atoms with Crippen LogP contribution in [0.3, 0.4) is 0 Å². The molecule has 1 saturated carbocycles. The number of likely N-dealkylation sites (N-methyl/N-ethyl adjacent to an activating group) is 1. The molecule has 3 nitrogen and oxygen atoms in total. The van der Waals surface area contributed by atoms with Gasteiger partial charge < -0.3 is 15.0 Å². The van der Waals surface area contributed by atoms with E-state index in [1.807, 2.05) is 0 Å². The van der Waals surface area contributed by atoms with E-state index >= 15 is 0 Å². The van der Waals surface area contributed by atoms with Gasteiger partial charge in [0.25, 0.3) is 0 Å². The van der Waals surface area contributed by atoms with Crippen molar-refractivity contribution in [2.45, 2.75) is 63.1 Å². The van der Waals surface area contributed by atoms with Crippen molar-refractivity contribution in [1.82, 2.24) is 10.2 Å². The molecule has 2 fully saturated rings. The Kier molecular flexibility index (Phi) is 4.45. The third kappa shape index (κ3) is 3.01. The number of hydrogen-bond acceptors (Lipinski definition) is 3. The summed E-state index contributed by atoms with van der Waals surface area (Å²) in [4.78, 5) is 2.44. The molecule has 1 N–H and O–H groups in total. The zero-order valence-electron chi connectivity index (χ0n) is 11.7. The molecule has 2 aliphatic rings. The molecule has 3 heteroatoms. The average molecular weight is 240 g/mol. The number of nitrogens with zero attached hydrogens (tertiary/aromatic N) is 1. The molecule has 1 saturated heterocycles. The lowest BCUT2D eigenvalue weighted by molar-refractivity contribution is 0.0820. The van der Waals surface area contributed by atoms with Crippen LogP contribution < -0.4 is 5.32 Å². The summed E-state index contributed by atoms with van der Waals surface area (Å²) in [5.74, 6) is 0. The lowest BCUT2D eigenvalue weighted by atomic mass is 9.80. The van der Waals surface area contributed by atoms with E-state index in [1.165, 1.54) is 38.5 Å². The molecule has 2 unspecified atom stereocenters. The van der Waals surface area contributed by atoms with Crippen LogP contribution in [0.2, 0.25) is 0 Å². The normalized spacial score (nSPS) is 33.2. The molecule has 17 heavy (non-hydrogen) atoms. The van der Waals surface area contributed by atoms with E-state index in [2.05, 4.69) is 31.2 Å². The summed E-state index contributed by atoms with van der Waals surface area (Å²) in [6.07, 6.45) is 8.43. The van der Waals surface area contributed by atoms with E-state index in [-0.39, 0.29) is 0 Å². The van der Waals surface area contributed by atoms with Crippen molar-refractivity contribution in [1.29, 1.82) is 0 Å². The molecule has 1 aliphatic carbocycles. The van der Waals surface area contributed by atoms with Crippen molar-refractivity contribution in [3.8, 4) is 0 Å². The second kappa shape index (κ2) is 5.68. The largest absolute Gasteiger partial charge is 0.377 e. The second-order valence-electron chi connectivity index (χ2n) is 6.03. The van der Waals surface area contributed by atoms with Gasteiger partial charge in [0.15, 0.2) is 0 Å². The van der Waals surface area contributed by atoms with Crippen LogP contribution in [0.1, 0.15) is 45.4 Å². The molecule has 0 aromatic carbocycles. The van der Waals surface area contributed by atoms with Crippen LogP contribution in [0.4, 0.5) is 0 Å². The monoisotopic (exact) mass is 240 g/mol. The molecule has 0 amide bonds. The van der Waals surface area contributed by atoms with E-state index in [1.54, 1.807) is 0 Å². The Morgan fingerprint density at radius 1 is 1.24 bits per heavy atom. The van der Waals surface area contributed by atoms with Crippen LogP contribution in [-0.2, 0) is 4.74 Å². The Hall–Kier alpha value is -0.120. The molecular weight excluding hydrogens is 212 g/mol. The summed E-state index contributed by atoms with van der Waals surface area (Å²) in [6, 6.07) is 0.564. The minimum atomic E-state index is 0.387. The Bertz CT molecular complexity index is 236. The molecule has 1 aliphatic heterocycles. The van der Waals surface area contributed by atoms with Gasteiger partial charge in [-0.3, -0.25) is 0 Å². The van der Waals surface area contributed by atoms with Crippen LogP contribution in [0.15, 0.2) is 0 Å². The average Bonchev–Trinajstić information content (AvgIpc) is 2.73. The molecule has 2 atom stereocenters. The number of nitrogens with one attached hydrogen (secondary N) is 1. The first kappa shape index (κ1) is 13.3. The first-order valence-electron chi connectivity index (χ1n) is 7.16. The fraction of sp³-hybridized carbons (Fsp3) is 1.00. The highest BCUT2D eigenvalue weighted by Crippen LogP contribution is 2.32. The fourth-order valence-electron chi connectivity index (χ4n) is 3.31. The number of hydrogen-bond donors (Lipinski definition) is 1. The van der Waals surface area contributed by atoms with Gasteiger partial charge in [-0.05, 0) is 40.3 Å². The highest BCUT2D eigenvalue weighted by atomic mass is 16.5. The van der Waals surface area contributed by atoms with E-state index < -0.39 is 0 Å². The first-order valence-corrected chi connectivity index (χ1v) is 7.16. The van der Waals surface area contributed by atoms with Gasteiger partial charge >= 0.3 is 0 Å².